The molecule has 2 aromatic carbocycles. The Kier molecular flexibility index (Phi) is 6.84. The van der Waals surface area contributed by atoms with E-state index in [2.05, 4.69) is 10.6 Å². The SMILES string of the molecule is C[C@@H](CNC(=O)CCNC(=O)c1ccc([N+](=O)[O-])cc1)c1ccccc1. The van der Waals surface area contributed by atoms with Gasteiger partial charge in [-0.15, -0.1) is 0 Å². The van der Waals surface area contributed by atoms with E-state index >= 15 is 0 Å². The summed E-state index contributed by atoms with van der Waals surface area (Å²) in [6, 6.07) is 15.2. The Morgan fingerprint density at radius 2 is 1.69 bits per heavy atom. The summed E-state index contributed by atoms with van der Waals surface area (Å²) in [4.78, 5) is 33.9. The van der Waals surface area contributed by atoms with Crippen LogP contribution in [0.15, 0.2) is 54.6 Å². The lowest BCUT2D eigenvalue weighted by atomic mass is 10.0. The molecule has 0 aromatic heterocycles. The number of carbonyl (C=O) groups excluding carboxylic acids is 2. The van der Waals surface area contributed by atoms with Crippen LogP contribution in [0, 0.1) is 10.1 Å². The largest absolute Gasteiger partial charge is 0.355 e. The average molecular weight is 355 g/mol. The molecular formula is C19H21N3O4. The summed E-state index contributed by atoms with van der Waals surface area (Å²) in [6.07, 6.45) is 0.167. The number of carbonyl (C=O) groups is 2. The minimum atomic E-state index is -0.525. The molecule has 0 spiro atoms. The third kappa shape index (κ3) is 5.70. The van der Waals surface area contributed by atoms with Gasteiger partial charge >= 0.3 is 0 Å². The van der Waals surface area contributed by atoms with Gasteiger partial charge in [-0.1, -0.05) is 37.3 Å². The zero-order chi connectivity index (χ0) is 18.9. The summed E-state index contributed by atoms with van der Waals surface area (Å²) in [5.74, 6) is -0.308. The van der Waals surface area contributed by atoms with Crippen molar-refractivity contribution in [1.29, 1.82) is 0 Å². The molecule has 26 heavy (non-hydrogen) atoms. The Morgan fingerprint density at radius 1 is 1.04 bits per heavy atom. The molecule has 7 nitrogen and oxygen atoms in total. The maximum absolute atomic E-state index is 11.9. The second-order valence-corrected chi connectivity index (χ2v) is 5.93. The first-order valence-corrected chi connectivity index (χ1v) is 8.31. The number of nitro groups is 1. The van der Waals surface area contributed by atoms with Crippen LogP contribution in [0.5, 0.6) is 0 Å². The Labute approximate surface area is 151 Å². The molecule has 0 unspecified atom stereocenters. The number of nitrogens with one attached hydrogen (secondary N) is 2. The van der Waals surface area contributed by atoms with E-state index in [-0.39, 0.29) is 36.4 Å². The van der Waals surface area contributed by atoms with Gasteiger partial charge in [-0.05, 0) is 23.6 Å². The van der Waals surface area contributed by atoms with Gasteiger partial charge in [-0.2, -0.15) is 0 Å². The van der Waals surface area contributed by atoms with Crippen molar-refractivity contribution >= 4 is 17.5 Å². The van der Waals surface area contributed by atoms with E-state index in [9.17, 15) is 19.7 Å². The van der Waals surface area contributed by atoms with E-state index < -0.39 is 4.92 Å². The number of nitro benzene ring substituents is 1. The van der Waals surface area contributed by atoms with Gasteiger partial charge < -0.3 is 10.6 Å². The van der Waals surface area contributed by atoms with E-state index in [0.717, 1.165) is 5.56 Å². The summed E-state index contributed by atoms with van der Waals surface area (Å²) >= 11 is 0. The van der Waals surface area contributed by atoms with Gasteiger partial charge in [-0.25, -0.2) is 0 Å². The first-order valence-electron chi connectivity index (χ1n) is 8.31. The first kappa shape index (κ1) is 19.1. The average Bonchev–Trinajstić information content (AvgIpc) is 2.66. The monoisotopic (exact) mass is 355 g/mol. The predicted molar refractivity (Wildman–Crippen MR) is 97.9 cm³/mol. The molecule has 2 N–H and O–H groups in total. The number of hydrogen-bond acceptors (Lipinski definition) is 4. The fourth-order valence-corrected chi connectivity index (χ4v) is 2.38. The van der Waals surface area contributed by atoms with E-state index in [0.29, 0.717) is 12.1 Å². The molecule has 1 atom stereocenters. The lowest BCUT2D eigenvalue weighted by Gasteiger charge is -2.13. The zero-order valence-electron chi connectivity index (χ0n) is 14.5. The Bertz CT molecular complexity index is 760. The van der Waals surface area contributed by atoms with Gasteiger partial charge in [0.2, 0.25) is 5.91 Å². The maximum Gasteiger partial charge on any atom is 0.269 e. The smallest absolute Gasteiger partial charge is 0.269 e. The van der Waals surface area contributed by atoms with Crippen LogP contribution in [0.2, 0.25) is 0 Å². The van der Waals surface area contributed by atoms with Gasteiger partial charge in [0.05, 0.1) is 4.92 Å². The second-order valence-electron chi connectivity index (χ2n) is 5.93. The van der Waals surface area contributed by atoms with Gasteiger partial charge in [0.25, 0.3) is 11.6 Å². The summed E-state index contributed by atoms with van der Waals surface area (Å²) in [5.41, 5.74) is 1.39. The molecule has 0 aliphatic heterocycles. The number of rotatable bonds is 8. The van der Waals surface area contributed by atoms with Crippen molar-refractivity contribution in [2.24, 2.45) is 0 Å². The molecule has 0 aliphatic rings. The van der Waals surface area contributed by atoms with Gasteiger partial charge in [0, 0.05) is 37.2 Å². The molecule has 2 amide bonds. The van der Waals surface area contributed by atoms with Crippen molar-refractivity contribution in [3.05, 3.63) is 75.8 Å². The summed E-state index contributed by atoms with van der Waals surface area (Å²) in [7, 11) is 0. The van der Waals surface area contributed by atoms with Crippen molar-refractivity contribution < 1.29 is 14.5 Å². The van der Waals surface area contributed by atoms with E-state index in [1.165, 1.54) is 24.3 Å². The van der Waals surface area contributed by atoms with Crippen LogP contribution in [-0.2, 0) is 4.79 Å². The van der Waals surface area contributed by atoms with Crippen molar-refractivity contribution in [3.8, 4) is 0 Å². The van der Waals surface area contributed by atoms with Crippen LogP contribution >= 0.6 is 0 Å². The number of amides is 2. The Hall–Kier alpha value is -3.22. The normalized spacial score (nSPS) is 11.4. The lowest BCUT2D eigenvalue weighted by Crippen LogP contribution is -2.32. The molecular weight excluding hydrogens is 334 g/mol. The summed E-state index contributed by atoms with van der Waals surface area (Å²) in [6.45, 7) is 2.76. The predicted octanol–water partition coefficient (Wildman–Crippen LogP) is 2.63. The van der Waals surface area contributed by atoms with Crippen molar-refractivity contribution in [3.63, 3.8) is 0 Å². The van der Waals surface area contributed by atoms with E-state index in [1.807, 2.05) is 37.3 Å². The first-order chi connectivity index (χ1) is 12.5. The molecule has 0 bridgehead atoms. The molecule has 0 saturated carbocycles. The molecule has 0 radical (unpaired) electrons. The highest BCUT2D eigenvalue weighted by Crippen LogP contribution is 2.13. The topological polar surface area (TPSA) is 101 Å². The molecule has 7 heteroatoms. The zero-order valence-corrected chi connectivity index (χ0v) is 14.5. The molecule has 0 aliphatic carbocycles. The van der Waals surface area contributed by atoms with Crippen molar-refractivity contribution in [1.82, 2.24) is 10.6 Å². The van der Waals surface area contributed by atoms with E-state index in [1.54, 1.807) is 0 Å². The highest BCUT2D eigenvalue weighted by Gasteiger charge is 2.11. The Morgan fingerprint density at radius 3 is 2.31 bits per heavy atom. The van der Waals surface area contributed by atoms with Crippen molar-refractivity contribution in [2.75, 3.05) is 13.1 Å². The molecule has 2 aromatic rings. The number of nitrogens with zero attached hydrogens (tertiary/aromatic N) is 1. The molecule has 2 rings (SSSR count). The van der Waals surface area contributed by atoms with Gasteiger partial charge in [0.15, 0.2) is 0 Å². The highest BCUT2D eigenvalue weighted by atomic mass is 16.6. The maximum atomic E-state index is 11.9. The molecule has 0 heterocycles. The fourth-order valence-electron chi connectivity index (χ4n) is 2.38. The molecule has 0 saturated heterocycles. The third-order valence-corrected chi connectivity index (χ3v) is 3.95. The third-order valence-electron chi connectivity index (χ3n) is 3.95. The minimum absolute atomic E-state index is 0.0755. The lowest BCUT2D eigenvalue weighted by molar-refractivity contribution is -0.384. The number of non-ortho nitro benzene ring substituents is 1. The number of benzene rings is 2. The molecule has 136 valence electrons. The second kappa shape index (κ2) is 9.31. The molecule has 0 fully saturated rings. The Balaban J connectivity index is 1.70. The summed E-state index contributed by atoms with van der Waals surface area (Å²) in [5, 5.41) is 16.1. The van der Waals surface area contributed by atoms with Crippen LogP contribution in [0.4, 0.5) is 5.69 Å². The summed E-state index contributed by atoms with van der Waals surface area (Å²) < 4.78 is 0. The standard InChI is InChI=1S/C19H21N3O4/c1-14(15-5-3-2-4-6-15)13-21-18(23)11-12-20-19(24)16-7-9-17(10-8-16)22(25)26/h2-10,14H,11-13H2,1H3,(H,20,24)(H,21,23)/t14-/m0/s1. The van der Waals surface area contributed by atoms with Crippen LogP contribution in [-0.4, -0.2) is 29.8 Å². The van der Waals surface area contributed by atoms with Gasteiger partial charge in [0.1, 0.15) is 0 Å². The fraction of sp³-hybridized carbons (Fsp3) is 0.263. The van der Waals surface area contributed by atoms with Crippen molar-refractivity contribution in [2.45, 2.75) is 19.3 Å². The van der Waals surface area contributed by atoms with Crippen LogP contribution in [0.25, 0.3) is 0 Å². The highest BCUT2D eigenvalue weighted by molar-refractivity contribution is 5.94. The quantitative estimate of drug-likeness (QED) is 0.561. The van der Waals surface area contributed by atoms with Crippen LogP contribution < -0.4 is 10.6 Å². The minimum Gasteiger partial charge on any atom is -0.355 e. The van der Waals surface area contributed by atoms with E-state index in [4.69, 9.17) is 0 Å². The van der Waals surface area contributed by atoms with Crippen LogP contribution in [0.3, 0.4) is 0 Å². The van der Waals surface area contributed by atoms with Gasteiger partial charge in [-0.3, -0.25) is 19.7 Å². The van der Waals surface area contributed by atoms with Crippen LogP contribution in [0.1, 0.15) is 35.2 Å². The number of hydrogen-bond donors (Lipinski definition) is 2.